The summed E-state index contributed by atoms with van der Waals surface area (Å²) in [6.45, 7) is 3.26. The minimum atomic E-state index is 0.423. The number of benzene rings is 1. The first-order valence-corrected chi connectivity index (χ1v) is 6.08. The molecule has 1 atom stereocenters. The highest BCUT2D eigenvalue weighted by molar-refractivity contribution is 5.26. The van der Waals surface area contributed by atoms with Crippen molar-refractivity contribution in [3.05, 3.63) is 35.4 Å². The van der Waals surface area contributed by atoms with Crippen LogP contribution in [0.1, 0.15) is 30.5 Å². The van der Waals surface area contributed by atoms with E-state index >= 15 is 0 Å². The summed E-state index contributed by atoms with van der Waals surface area (Å²) in [6.07, 6.45) is 2.38. The smallest absolute Gasteiger partial charge is 0.0446 e. The van der Waals surface area contributed by atoms with Gasteiger partial charge < -0.3 is 10.2 Å². The SMILES string of the molecule is CCCc1cccc(C(CN(C)C)NC)c1. The molecule has 0 radical (unpaired) electrons. The molecule has 0 fully saturated rings. The fourth-order valence-electron chi connectivity index (χ4n) is 1.98. The molecule has 16 heavy (non-hydrogen) atoms. The highest BCUT2D eigenvalue weighted by Gasteiger charge is 2.10. The summed E-state index contributed by atoms with van der Waals surface area (Å²) in [6, 6.07) is 9.35. The van der Waals surface area contributed by atoms with Crippen molar-refractivity contribution in [1.29, 1.82) is 0 Å². The molecule has 1 aromatic rings. The van der Waals surface area contributed by atoms with Crippen LogP contribution in [0.4, 0.5) is 0 Å². The molecule has 2 nitrogen and oxygen atoms in total. The van der Waals surface area contributed by atoms with E-state index in [0.717, 1.165) is 6.54 Å². The Hall–Kier alpha value is -0.860. The van der Waals surface area contributed by atoms with E-state index in [1.165, 1.54) is 24.0 Å². The molecule has 90 valence electrons. The predicted molar refractivity (Wildman–Crippen MR) is 70.8 cm³/mol. The van der Waals surface area contributed by atoms with Gasteiger partial charge in [0.1, 0.15) is 0 Å². The molecule has 0 spiro atoms. The average Bonchev–Trinajstić information content (AvgIpc) is 2.26. The fourth-order valence-corrected chi connectivity index (χ4v) is 1.98. The zero-order valence-corrected chi connectivity index (χ0v) is 11.0. The summed E-state index contributed by atoms with van der Waals surface area (Å²) in [5.41, 5.74) is 2.83. The summed E-state index contributed by atoms with van der Waals surface area (Å²) < 4.78 is 0. The van der Waals surface area contributed by atoms with Gasteiger partial charge in [0.15, 0.2) is 0 Å². The maximum atomic E-state index is 3.38. The third kappa shape index (κ3) is 3.95. The third-order valence-corrected chi connectivity index (χ3v) is 2.79. The highest BCUT2D eigenvalue weighted by atomic mass is 15.1. The van der Waals surface area contributed by atoms with Gasteiger partial charge in [-0.1, -0.05) is 37.6 Å². The van der Waals surface area contributed by atoms with Gasteiger partial charge in [0.05, 0.1) is 0 Å². The Balaban J connectivity index is 2.79. The standard InChI is InChI=1S/C14H24N2/c1-5-7-12-8-6-9-13(10-12)14(15-2)11-16(3)4/h6,8-10,14-15H,5,7,11H2,1-4H3. The normalized spacial score (nSPS) is 13.1. The van der Waals surface area contributed by atoms with Crippen molar-refractivity contribution in [2.24, 2.45) is 0 Å². The lowest BCUT2D eigenvalue weighted by atomic mass is 10.0. The van der Waals surface area contributed by atoms with Gasteiger partial charge in [0, 0.05) is 12.6 Å². The lowest BCUT2D eigenvalue weighted by Gasteiger charge is -2.21. The van der Waals surface area contributed by atoms with Crippen LogP contribution in [0, 0.1) is 0 Å². The van der Waals surface area contributed by atoms with Gasteiger partial charge in [-0.25, -0.2) is 0 Å². The van der Waals surface area contributed by atoms with E-state index in [1.54, 1.807) is 0 Å². The monoisotopic (exact) mass is 220 g/mol. The third-order valence-electron chi connectivity index (χ3n) is 2.79. The fraction of sp³-hybridized carbons (Fsp3) is 0.571. The van der Waals surface area contributed by atoms with Crippen molar-refractivity contribution >= 4 is 0 Å². The minimum Gasteiger partial charge on any atom is -0.312 e. The van der Waals surface area contributed by atoms with Crippen LogP contribution in [0.25, 0.3) is 0 Å². The highest BCUT2D eigenvalue weighted by Crippen LogP contribution is 2.16. The van der Waals surface area contributed by atoms with Crippen LogP contribution in [-0.2, 0) is 6.42 Å². The molecule has 0 saturated heterocycles. The number of hydrogen-bond acceptors (Lipinski definition) is 2. The number of likely N-dealkylation sites (N-methyl/N-ethyl adjacent to an activating group) is 2. The van der Waals surface area contributed by atoms with Crippen LogP contribution < -0.4 is 5.32 Å². The maximum absolute atomic E-state index is 3.38. The van der Waals surface area contributed by atoms with Gasteiger partial charge >= 0.3 is 0 Å². The quantitative estimate of drug-likeness (QED) is 0.792. The van der Waals surface area contributed by atoms with E-state index < -0.39 is 0 Å². The van der Waals surface area contributed by atoms with Gasteiger partial charge in [-0.05, 0) is 38.7 Å². The van der Waals surface area contributed by atoms with Gasteiger partial charge in [-0.2, -0.15) is 0 Å². The molecule has 1 unspecified atom stereocenters. The molecule has 0 saturated carbocycles. The van der Waals surface area contributed by atoms with Gasteiger partial charge in [0.2, 0.25) is 0 Å². The lowest BCUT2D eigenvalue weighted by molar-refractivity contribution is 0.352. The molecule has 0 aromatic heterocycles. The summed E-state index contributed by atoms with van der Waals surface area (Å²) in [4.78, 5) is 2.22. The second-order valence-electron chi connectivity index (χ2n) is 4.60. The molecular formula is C14H24N2. The lowest BCUT2D eigenvalue weighted by Crippen LogP contribution is -2.28. The topological polar surface area (TPSA) is 15.3 Å². The Morgan fingerprint density at radius 3 is 2.62 bits per heavy atom. The predicted octanol–water partition coefficient (Wildman–Crippen LogP) is 2.46. The Kier molecular flexibility index (Phi) is 5.50. The minimum absolute atomic E-state index is 0.423. The number of hydrogen-bond donors (Lipinski definition) is 1. The largest absolute Gasteiger partial charge is 0.312 e. The first-order chi connectivity index (χ1) is 7.67. The van der Waals surface area contributed by atoms with Crippen LogP contribution in [0.15, 0.2) is 24.3 Å². The van der Waals surface area contributed by atoms with E-state index in [4.69, 9.17) is 0 Å². The van der Waals surface area contributed by atoms with E-state index in [9.17, 15) is 0 Å². The number of aryl methyl sites for hydroxylation is 1. The first-order valence-electron chi connectivity index (χ1n) is 6.08. The Morgan fingerprint density at radius 2 is 2.06 bits per heavy atom. The van der Waals surface area contributed by atoms with Crippen LogP contribution in [0.2, 0.25) is 0 Å². The van der Waals surface area contributed by atoms with Gasteiger partial charge in [-0.15, -0.1) is 0 Å². The molecule has 0 amide bonds. The summed E-state index contributed by atoms with van der Waals surface area (Å²) in [5.74, 6) is 0. The van der Waals surface area contributed by atoms with Crippen molar-refractivity contribution in [2.45, 2.75) is 25.8 Å². The molecule has 2 heteroatoms. The average molecular weight is 220 g/mol. The molecule has 0 aliphatic carbocycles. The zero-order valence-electron chi connectivity index (χ0n) is 11.0. The van der Waals surface area contributed by atoms with E-state index in [2.05, 4.69) is 55.5 Å². The Labute approximate surface area is 99.7 Å². The van der Waals surface area contributed by atoms with Gasteiger partial charge in [0.25, 0.3) is 0 Å². The molecule has 1 rings (SSSR count). The number of nitrogens with zero attached hydrogens (tertiary/aromatic N) is 1. The van der Waals surface area contributed by atoms with E-state index in [0.29, 0.717) is 6.04 Å². The second-order valence-corrected chi connectivity index (χ2v) is 4.60. The van der Waals surface area contributed by atoms with E-state index in [1.807, 2.05) is 7.05 Å². The Morgan fingerprint density at radius 1 is 1.31 bits per heavy atom. The number of nitrogens with one attached hydrogen (secondary N) is 1. The molecule has 0 heterocycles. The van der Waals surface area contributed by atoms with E-state index in [-0.39, 0.29) is 0 Å². The van der Waals surface area contributed by atoms with Crippen LogP contribution >= 0.6 is 0 Å². The molecule has 0 aliphatic rings. The summed E-state index contributed by atoms with van der Waals surface area (Å²) in [5, 5.41) is 3.38. The van der Waals surface area contributed by atoms with Crippen molar-refractivity contribution in [1.82, 2.24) is 10.2 Å². The van der Waals surface area contributed by atoms with Crippen molar-refractivity contribution in [3.63, 3.8) is 0 Å². The van der Waals surface area contributed by atoms with Gasteiger partial charge in [-0.3, -0.25) is 0 Å². The first kappa shape index (κ1) is 13.2. The van der Waals surface area contributed by atoms with Crippen molar-refractivity contribution in [2.75, 3.05) is 27.7 Å². The summed E-state index contributed by atoms with van der Waals surface area (Å²) in [7, 11) is 6.25. The molecule has 1 aromatic carbocycles. The van der Waals surface area contributed by atoms with Crippen LogP contribution in [0.3, 0.4) is 0 Å². The molecule has 0 bridgehead atoms. The van der Waals surface area contributed by atoms with Crippen molar-refractivity contribution < 1.29 is 0 Å². The second kappa shape index (κ2) is 6.66. The molecule has 0 aliphatic heterocycles. The zero-order chi connectivity index (χ0) is 12.0. The molecule has 1 N–H and O–H groups in total. The van der Waals surface area contributed by atoms with Crippen molar-refractivity contribution in [3.8, 4) is 0 Å². The van der Waals surface area contributed by atoms with Crippen LogP contribution in [-0.4, -0.2) is 32.6 Å². The molecular weight excluding hydrogens is 196 g/mol. The Bertz CT molecular complexity index is 307. The maximum Gasteiger partial charge on any atom is 0.0446 e. The number of rotatable bonds is 6. The summed E-state index contributed by atoms with van der Waals surface area (Å²) >= 11 is 0. The van der Waals surface area contributed by atoms with Crippen LogP contribution in [0.5, 0.6) is 0 Å².